The quantitative estimate of drug-likeness (QED) is 0.524. The minimum Gasteiger partial charge on any atom is -0.508 e. The lowest BCUT2D eigenvalue weighted by atomic mass is 9.55. The van der Waals surface area contributed by atoms with Gasteiger partial charge in [-0.25, -0.2) is 0 Å². The summed E-state index contributed by atoms with van der Waals surface area (Å²) in [6.07, 6.45) is 8.90. The number of phenolic OH excluding ortho intramolecular Hbond substituents is 1. The van der Waals surface area contributed by atoms with E-state index in [0.717, 1.165) is 42.3 Å². The van der Waals surface area contributed by atoms with Gasteiger partial charge < -0.3 is 5.11 Å². The number of benzene rings is 1. The van der Waals surface area contributed by atoms with Crippen LogP contribution in [0.4, 0.5) is 0 Å². The summed E-state index contributed by atoms with van der Waals surface area (Å²) < 4.78 is 2.03. The maximum absolute atomic E-state index is 9.89. The van der Waals surface area contributed by atoms with E-state index >= 15 is 0 Å². The molecule has 4 unspecified atom stereocenters. The number of aromatic hydroxyl groups is 1. The SMILES string of the molecule is CCn1nc(C)c(C=NN=C2CCC3C4CCc5cc(O)ccc5C4CCC23C)c1C. The van der Waals surface area contributed by atoms with Crippen LogP contribution in [0.5, 0.6) is 5.75 Å². The van der Waals surface area contributed by atoms with E-state index in [-0.39, 0.29) is 5.41 Å². The minimum absolute atomic E-state index is 0.171. The largest absolute Gasteiger partial charge is 0.508 e. The number of hydrogen-bond acceptors (Lipinski definition) is 4. The molecule has 5 nitrogen and oxygen atoms in total. The maximum Gasteiger partial charge on any atom is 0.115 e. The van der Waals surface area contributed by atoms with Gasteiger partial charge in [-0.1, -0.05) is 13.0 Å². The summed E-state index contributed by atoms with van der Waals surface area (Å²) in [4.78, 5) is 0. The van der Waals surface area contributed by atoms with Crippen molar-refractivity contribution in [3.05, 3.63) is 46.3 Å². The third-order valence-corrected chi connectivity index (χ3v) is 8.55. The summed E-state index contributed by atoms with van der Waals surface area (Å²) in [6, 6.07) is 6.04. The van der Waals surface area contributed by atoms with E-state index in [4.69, 9.17) is 5.10 Å². The van der Waals surface area contributed by atoms with Crippen molar-refractivity contribution in [3.8, 4) is 5.75 Å². The molecule has 164 valence electrons. The first-order valence-corrected chi connectivity index (χ1v) is 11.9. The smallest absolute Gasteiger partial charge is 0.115 e. The molecule has 3 aliphatic carbocycles. The van der Waals surface area contributed by atoms with Crippen molar-refractivity contribution in [2.24, 2.45) is 27.5 Å². The van der Waals surface area contributed by atoms with E-state index in [1.807, 2.05) is 30.0 Å². The number of aromatic nitrogens is 2. The molecule has 1 N–H and O–H groups in total. The summed E-state index contributed by atoms with van der Waals surface area (Å²) in [7, 11) is 0. The standard InChI is InChI=1S/C26H34N4O/c1-5-30-17(3)23(16(2)29-30)15-27-28-25-11-10-24-22-8-6-18-14-19(31)7-9-20(18)21(22)12-13-26(24,25)4/h7,9,14-15,21-22,24,31H,5-6,8,10-13H2,1-4H3. The number of hydrogen-bond donors (Lipinski definition) is 1. The average Bonchev–Trinajstić information content (AvgIpc) is 3.23. The lowest BCUT2D eigenvalue weighted by Gasteiger charge is -2.49. The van der Waals surface area contributed by atoms with E-state index in [1.54, 1.807) is 0 Å². The van der Waals surface area contributed by atoms with Gasteiger partial charge in [-0.2, -0.15) is 15.3 Å². The molecule has 5 rings (SSSR count). The van der Waals surface area contributed by atoms with Crippen LogP contribution in [0.1, 0.15) is 79.9 Å². The second-order valence-electron chi connectivity index (χ2n) is 9.98. The van der Waals surface area contributed by atoms with Crippen LogP contribution in [-0.4, -0.2) is 26.8 Å². The fraction of sp³-hybridized carbons (Fsp3) is 0.577. The molecule has 0 aliphatic heterocycles. The maximum atomic E-state index is 9.89. The van der Waals surface area contributed by atoms with E-state index in [1.165, 1.54) is 42.5 Å². The molecule has 5 heteroatoms. The van der Waals surface area contributed by atoms with Gasteiger partial charge in [0.15, 0.2) is 0 Å². The van der Waals surface area contributed by atoms with E-state index in [9.17, 15) is 5.11 Å². The Labute approximate surface area is 185 Å². The van der Waals surface area contributed by atoms with Crippen molar-refractivity contribution in [2.45, 2.75) is 78.7 Å². The van der Waals surface area contributed by atoms with Crippen LogP contribution in [0.2, 0.25) is 0 Å². The van der Waals surface area contributed by atoms with Crippen LogP contribution in [0.15, 0.2) is 28.4 Å². The Bertz CT molecular complexity index is 1070. The molecule has 0 saturated heterocycles. The van der Waals surface area contributed by atoms with E-state index in [2.05, 4.69) is 37.0 Å². The van der Waals surface area contributed by atoms with E-state index in [0.29, 0.717) is 17.6 Å². The molecule has 1 aromatic carbocycles. The predicted molar refractivity (Wildman–Crippen MR) is 125 cm³/mol. The Morgan fingerprint density at radius 3 is 2.84 bits per heavy atom. The van der Waals surface area contributed by atoms with E-state index < -0.39 is 0 Å². The topological polar surface area (TPSA) is 62.8 Å². The summed E-state index contributed by atoms with van der Waals surface area (Å²) in [5.74, 6) is 2.45. The second kappa shape index (κ2) is 7.61. The molecular weight excluding hydrogens is 384 g/mol. The molecule has 2 fully saturated rings. The Kier molecular flexibility index (Phi) is 5.03. The molecule has 1 heterocycles. The molecular formula is C26H34N4O. The zero-order valence-corrected chi connectivity index (χ0v) is 19.2. The van der Waals surface area contributed by atoms with Crippen molar-refractivity contribution >= 4 is 11.9 Å². The van der Waals surface area contributed by atoms with Gasteiger partial charge in [0.2, 0.25) is 0 Å². The molecule has 2 saturated carbocycles. The lowest BCUT2D eigenvalue weighted by molar-refractivity contribution is 0.0955. The molecule has 0 bridgehead atoms. The van der Waals surface area contributed by atoms with Crippen LogP contribution < -0.4 is 0 Å². The average molecular weight is 419 g/mol. The van der Waals surface area contributed by atoms with Crippen molar-refractivity contribution < 1.29 is 5.11 Å². The van der Waals surface area contributed by atoms with Crippen molar-refractivity contribution in [1.29, 1.82) is 0 Å². The highest BCUT2D eigenvalue weighted by Crippen LogP contribution is 2.60. The van der Waals surface area contributed by atoms with Gasteiger partial charge in [-0.15, -0.1) is 0 Å². The number of phenols is 1. The van der Waals surface area contributed by atoms with Crippen molar-refractivity contribution in [1.82, 2.24) is 9.78 Å². The Morgan fingerprint density at radius 1 is 1.23 bits per heavy atom. The molecule has 31 heavy (non-hydrogen) atoms. The van der Waals surface area contributed by atoms with Crippen LogP contribution in [0.25, 0.3) is 0 Å². The highest BCUT2D eigenvalue weighted by molar-refractivity contribution is 5.93. The predicted octanol–water partition coefficient (Wildman–Crippen LogP) is 5.56. The summed E-state index contributed by atoms with van der Waals surface area (Å²) >= 11 is 0. The molecule has 1 aromatic heterocycles. The Balaban J connectivity index is 1.38. The minimum atomic E-state index is 0.171. The molecule has 0 amide bonds. The zero-order valence-electron chi connectivity index (χ0n) is 19.2. The third-order valence-electron chi connectivity index (χ3n) is 8.55. The van der Waals surface area contributed by atoms with Gasteiger partial charge in [-0.3, -0.25) is 4.68 Å². The molecule has 3 aliphatic rings. The van der Waals surface area contributed by atoms with Crippen LogP contribution in [-0.2, 0) is 13.0 Å². The first-order chi connectivity index (χ1) is 14.9. The van der Waals surface area contributed by atoms with Crippen LogP contribution >= 0.6 is 0 Å². The first-order valence-electron chi connectivity index (χ1n) is 11.9. The monoisotopic (exact) mass is 418 g/mol. The normalized spacial score (nSPS) is 31.1. The van der Waals surface area contributed by atoms with Crippen LogP contribution in [0, 0.1) is 31.1 Å². The summed E-state index contributed by atoms with van der Waals surface area (Å²) in [6.45, 7) is 9.57. The number of rotatable bonds is 3. The van der Waals surface area contributed by atoms with Gasteiger partial charge in [-0.05, 0) is 100 Å². The van der Waals surface area contributed by atoms with Gasteiger partial charge in [0.1, 0.15) is 5.75 Å². The number of aryl methyl sites for hydroxylation is 3. The molecule has 2 aromatic rings. The molecule has 4 atom stereocenters. The first kappa shape index (κ1) is 20.5. The Hall–Kier alpha value is -2.43. The fourth-order valence-corrected chi connectivity index (χ4v) is 6.88. The van der Waals surface area contributed by atoms with Crippen molar-refractivity contribution in [2.75, 3.05) is 0 Å². The highest BCUT2D eigenvalue weighted by atomic mass is 16.3. The zero-order chi connectivity index (χ0) is 21.8. The van der Waals surface area contributed by atoms with Gasteiger partial charge in [0, 0.05) is 28.9 Å². The van der Waals surface area contributed by atoms with Gasteiger partial charge in [0.05, 0.1) is 11.9 Å². The van der Waals surface area contributed by atoms with Crippen LogP contribution in [0.3, 0.4) is 0 Å². The summed E-state index contributed by atoms with van der Waals surface area (Å²) in [5, 5.41) is 23.8. The molecule has 0 spiro atoms. The Morgan fingerprint density at radius 2 is 2.06 bits per heavy atom. The summed E-state index contributed by atoms with van der Waals surface area (Å²) in [5.41, 5.74) is 7.59. The number of fused-ring (bicyclic) bond motifs is 5. The number of nitrogens with zero attached hydrogens (tertiary/aromatic N) is 4. The highest BCUT2D eigenvalue weighted by Gasteiger charge is 2.53. The lowest BCUT2D eigenvalue weighted by Crippen LogP contribution is -2.42. The third kappa shape index (κ3) is 3.24. The molecule has 0 radical (unpaired) electrons. The second-order valence-corrected chi connectivity index (χ2v) is 9.98. The fourth-order valence-electron chi connectivity index (χ4n) is 6.88. The van der Waals surface area contributed by atoms with Gasteiger partial charge >= 0.3 is 0 Å². The van der Waals surface area contributed by atoms with Gasteiger partial charge in [0.25, 0.3) is 0 Å². The van der Waals surface area contributed by atoms with Crippen molar-refractivity contribution in [3.63, 3.8) is 0 Å².